The number of carboxylic acids is 2. The molecule has 0 rings (SSSR count). The van der Waals surface area contributed by atoms with E-state index in [0.29, 0.717) is 12.8 Å². The SMILES string of the molecule is CCCCCCCCCCCCOC(O)(C(=O)O)C(O)(OCCCCCCCCCCCC)C(=O)O. The Hall–Kier alpha value is -1.22. The molecule has 214 valence electrons. The van der Waals surface area contributed by atoms with Gasteiger partial charge >= 0.3 is 23.5 Å². The van der Waals surface area contributed by atoms with Crippen LogP contribution in [-0.4, -0.2) is 57.2 Å². The van der Waals surface area contributed by atoms with Gasteiger partial charge in [-0.05, 0) is 12.8 Å². The van der Waals surface area contributed by atoms with Crippen LogP contribution in [0.3, 0.4) is 0 Å². The molecule has 0 bridgehead atoms. The van der Waals surface area contributed by atoms with Gasteiger partial charge in [-0.1, -0.05) is 129 Å². The van der Waals surface area contributed by atoms with Crippen molar-refractivity contribution < 1.29 is 39.5 Å². The lowest BCUT2D eigenvalue weighted by Gasteiger charge is -2.35. The fourth-order valence-corrected chi connectivity index (χ4v) is 4.23. The van der Waals surface area contributed by atoms with Crippen LogP contribution in [0.5, 0.6) is 0 Å². The van der Waals surface area contributed by atoms with Crippen molar-refractivity contribution >= 4 is 11.9 Å². The molecule has 8 nitrogen and oxygen atoms in total. The third kappa shape index (κ3) is 14.5. The number of aliphatic hydroxyl groups is 2. The lowest BCUT2D eigenvalue weighted by atomic mass is 10.0. The van der Waals surface area contributed by atoms with E-state index in [9.17, 15) is 30.0 Å². The Morgan fingerprint density at radius 1 is 0.472 bits per heavy atom. The van der Waals surface area contributed by atoms with E-state index in [0.717, 1.165) is 51.4 Å². The van der Waals surface area contributed by atoms with E-state index in [4.69, 9.17) is 9.47 Å². The Labute approximate surface area is 218 Å². The van der Waals surface area contributed by atoms with E-state index in [1.54, 1.807) is 0 Å². The predicted octanol–water partition coefficient (Wildman–Crippen LogP) is 6.41. The molecule has 2 unspecified atom stereocenters. The number of rotatable bonds is 27. The topological polar surface area (TPSA) is 134 Å². The molecule has 0 aliphatic heterocycles. The summed E-state index contributed by atoms with van der Waals surface area (Å²) in [5.41, 5.74) is 0. The molecule has 4 N–H and O–H groups in total. The molecule has 0 aromatic rings. The van der Waals surface area contributed by atoms with Crippen LogP contribution in [0.4, 0.5) is 0 Å². The highest BCUT2D eigenvalue weighted by atomic mass is 16.7. The molecule has 0 saturated heterocycles. The number of carbonyl (C=O) groups is 2. The number of aliphatic carboxylic acids is 2. The first-order valence-electron chi connectivity index (χ1n) is 14.5. The maximum Gasteiger partial charge on any atom is 0.371 e. The first kappa shape index (κ1) is 34.8. The van der Waals surface area contributed by atoms with E-state index >= 15 is 0 Å². The Balaban J connectivity index is 4.31. The molecule has 0 spiro atoms. The molecule has 0 aromatic carbocycles. The van der Waals surface area contributed by atoms with Gasteiger partial charge in [0.15, 0.2) is 0 Å². The number of hydrogen-bond donors (Lipinski definition) is 4. The van der Waals surface area contributed by atoms with Crippen LogP contribution < -0.4 is 0 Å². The number of carboxylic acid groups (broad SMARTS) is 2. The van der Waals surface area contributed by atoms with Crippen molar-refractivity contribution in [3.63, 3.8) is 0 Å². The second-order valence-corrected chi connectivity index (χ2v) is 9.96. The highest BCUT2D eigenvalue weighted by Gasteiger charge is 2.64. The van der Waals surface area contributed by atoms with Crippen LogP contribution in [0.2, 0.25) is 0 Å². The first-order valence-corrected chi connectivity index (χ1v) is 14.5. The van der Waals surface area contributed by atoms with Gasteiger partial charge in [0.2, 0.25) is 0 Å². The third-order valence-corrected chi connectivity index (χ3v) is 6.66. The predicted molar refractivity (Wildman–Crippen MR) is 141 cm³/mol. The normalized spacial score (nSPS) is 14.9. The van der Waals surface area contributed by atoms with E-state index in [1.165, 1.54) is 64.2 Å². The van der Waals surface area contributed by atoms with E-state index in [1.807, 2.05) is 0 Å². The molecule has 36 heavy (non-hydrogen) atoms. The molecule has 0 aromatic heterocycles. The number of unbranched alkanes of at least 4 members (excludes halogenated alkanes) is 18. The van der Waals surface area contributed by atoms with Crippen molar-refractivity contribution in [3.05, 3.63) is 0 Å². The van der Waals surface area contributed by atoms with Crippen LogP contribution in [0, 0.1) is 0 Å². The van der Waals surface area contributed by atoms with Gasteiger partial charge in [-0.2, -0.15) is 0 Å². The fraction of sp³-hybridized carbons (Fsp3) is 0.929. The minimum Gasteiger partial charge on any atom is -0.477 e. The lowest BCUT2D eigenvalue weighted by Crippen LogP contribution is -2.66. The van der Waals surface area contributed by atoms with Crippen molar-refractivity contribution in [1.29, 1.82) is 0 Å². The van der Waals surface area contributed by atoms with Crippen LogP contribution in [0.1, 0.15) is 142 Å². The van der Waals surface area contributed by atoms with Crippen LogP contribution in [0.15, 0.2) is 0 Å². The zero-order valence-corrected chi connectivity index (χ0v) is 23.0. The second kappa shape index (κ2) is 21.8. The third-order valence-electron chi connectivity index (χ3n) is 6.66. The average Bonchev–Trinajstić information content (AvgIpc) is 2.85. The van der Waals surface area contributed by atoms with Crippen molar-refractivity contribution in [2.45, 2.75) is 154 Å². The Kier molecular flexibility index (Phi) is 21.1. The van der Waals surface area contributed by atoms with Gasteiger partial charge in [0.25, 0.3) is 0 Å². The molecule has 0 heterocycles. The molecule has 0 aliphatic carbocycles. The number of ether oxygens (including phenoxy) is 2. The van der Waals surface area contributed by atoms with Crippen LogP contribution in [-0.2, 0) is 19.1 Å². The minimum absolute atomic E-state index is 0.198. The van der Waals surface area contributed by atoms with Gasteiger partial charge < -0.3 is 29.9 Å². The van der Waals surface area contributed by atoms with Crippen molar-refractivity contribution in [2.75, 3.05) is 13.2 Å². The van der Waals surface area contributed by atoms with Crippen molar-refractivity contribution in [3.8, 4) is 0 Å². The van der Waals surface area contributed by atoms with E-state index in [-0.39, 0.29) is 13.2 Å². The average molecular weight is 519 g/mol. The fourth-order valence-electron chi connectivity index (χ4n) is 4.23. The largest absolute Gasteiger partial charge is 0.477 e. The summed E-state index contributed by atoms with van der Waals surface area (Å²) in [6.07, 6.45) is 21.2. The van der Waals surface area contributed by atoms with E-state index in [2.05, 4.69) is 13.8 Å². The summed E-state index contributed by atoms with van der Waals surface area (Å²) in [6, 6.07) is 0. The highest BCUT2D eigenvalue weighted by molar-refractivity contribution is 5.88. The molecular weight excluding hydrogens is 464 g/mol. The summed E-state index contributed by atoms with van der Waals surface area (Å²) in [7, 11) is 0. The zero-order chi connectivity index (χ0) is 27.1. The summed E-state index contributed by atoms with van der Waals surface area (Å²) in [5.74, 6) is -10.8. The van der Waals surface area contributed by atoms with Gasteiger partial charge in [-0.15, -0.1) is 0 Å². The highest BCUT2D eigenvalue weighted by Crippen LogP contribution is 2.28. The van der Waals surface area contributed by atoms with Crippen LogP contribution in [0.25, 0.3) is 0 Å². The van der Waals surface area contributed by atoms with Gasteiger partial charge in [0, 0.05) is 0 Å². The molecule has 0 radical (unpaired) electrons. The van der Waals surface area contributed by atoms with Crippen molar-refractivity contribution in [2.24, 2.45) is 0 Å². The number of hydrogen-bond acceptors (Lipinski definition) is 6. The quantitative estimate of drug-likeness (QED) is 0.0724. The maximum absolute atomic E-state index is 11.7. The standard InChI is InChI=1S/C28H54O8/c1-3-5-7-9-11-13-15-17-19-21-23-35-27(33,25(29)30)28(34,26(31)32)36-24-22-20-18-16-14-12-10-8-6-4-2/h33-34H,3-24H2,1-2H3,(H,29,30)(H,31,32). The van der Waals surface area contributed by atoms with Gasteiger partial charge in [0.05, 0.1) is 13.2 Å². The van der Waals surface area contributed by atoms with Crippen molar-refractivity contribution in [1.82, 2.24) is 0 Å². The lowest BCUT2D eigenvalue weighted by molar-refractivity contribution is -0.360. The monoisotopic (exact) mass is 518 g/mol. The molecular formula is C28H54O8. The zero-order valence-electron chi connectivity index (χ0n) is 23.0. The van der Waals surface area contributed by atoms with Gasteiger partial charge in [0.1, 0.15) is 0 Å². The summed E-state index contributed by atoms with van der Waals surface area (Å²) in [4.78, 5) is 23.4. The molecule has 2 atom stereocenters. The first-order chi connectivity index (χ1) is 17.3. The maximum atomic E-state index is 11.7. The van der Waals surface area contributed by atoms with E-state index < -0.39 is 23.5 Å². The Morgan fingerprint density at radius 2 is 0.694 bits per heavy atom. The molecule has 0 fully saturated rings. The molecule has 0 saturated carbocycles. The second-order valence-electron chi connectivity index (χ2n) is 9.96. The smallest absolute Gasteiger partial charge is 0.371 e. The summed E-state index contributed by atoms with van der Waals surface area (Å²) in [5, 5.41) is 40.0. The summed E-state index contributed by atoms with van der Waals surface area (Å²) in [6.45, 7) is 3.98. The Bertz CT molecular complexity index is 508. The summed E-state index contributed by atoms with van der Waals surface area (Å²) >= 11 is 0. The van der Waals surface area contributed by atoms with Gasteiger partial charge in [-0.3, -0.25) is 0 Å². The Morgan fingerprint density at radius 3 is 0.917 bits per heavy atom. The molecule has 0 aliphatic rings. The minimum atomic E-state index is -3.39. The summed E-state index contributed by atoms with van der Waals surface area (Å²) < 4.78 is 10.1. The van der Waals surface area contributed by atoms with Gasteiger partial charge in [-0.25, -0.2) is 9.59 Å². The van der Waals surface area contributed by atoms with Crippen LogP contribution >= 0.6 is 0 Å². The molecule has 8 heteroatoms. The molecule has 0 amide bonds.